The van der Waals surface area contributed by atoms with Gasteiger partial charge in [-0.05, 0) is 67.3 Å². The van der Waals surface area contributed by atoms with Gasteiger partial charge in [-0.1, -0.05) is 55.1 Å². The molecule has 0 bridgehead atoms. The summed E-state index contributed by atoms with van der Waals surface area (Å²) in [7, 11) is 0. The van der Waals surface area contributed by atoms with Gasteiger partial charge in [-0.25, -0.2) is 4.79 Å². The zero-order valence-corrected chi connectivity index (χ0v) is 19.4. The number of aryl methyl sites for hydroxylation is 1. The average Bonchev–Trinajstić information content (AvgIpc) is 2.76. The van der Waals surface area contributed by atoms with Crippen LogP contribution in [-0.4, -0.2) is 17.7 Å². The minimum atomic E-state index is -0.932. The zero-order chi connectivity index (χ0) is 22.7. The first-order valence-electron chi connectivity index (χ1n) is 10.7. The van der Waals surface area contributed by atoms with Crippen LogP contribution in [0.15, 0.2) is 70.5 Å². The molecule has 4 rings (SSSR count). The maximum absolute atomic E-state index is 11.0. The van der Waals surface area contributed by atoms with E-state index >= 15 is 0 Å². The Kier molecular flexibility index (Phi) is 6.30. The Morgan fingerprint density at radius 3 is 2.47 bits per heavy atom. The summed E-state index contributed by atoms with van der Waals surface area (Å²) in [6.07, 6.45) is 1.56. The van der Waals surface area contributed by atoms with Gasteiger partial charge in [-0.2, -0.15) is 0 Å². The fourth-order valence-corrected chi connectivity index (χ4v) is 4.67. The van der Waals surface area contributed by atoms with Gasteiger partial charge in [0.25, 0.3) is 0 Å². The summed E-state index contributed by atoms with van der Waals surface area (Å²) in [6, 6.07) is 19.7. The third-order valence-electron chi connectivity index (χ3n) is 5.74. The molecule has 0 amide bonds. The van der Waals surface area contributed by atoms with E-state index in [1.54, 1.807) is 36.0 Å². The van der Waals surface area contributed by atoms with Crippen molar-refractivity contribution in [3.8, 4) is 17.6 Å². The van der Waals surface area contributed by atoms with E-state index in [4.69, 9.17) is 9.84 Å². The van der Waals surface area contributed by atoms with Crippen LogP contribution in [0.4, 0.5) is 0 Å². The summed E-state index contributed by atoms with van der Waals surface area (Å²) in [5, 5.41) is 9.05. The van der Waals surface area contributed by atoms with Crippen molar-refractivity contribution in [2.75, 3.05) is 6.61 Å². The summed E-state index contributed by atoms with van der Waals surface area (Å²) in [4.78, 5) is 13.4. The molecule has 32 heavy (non-hydrogen) atoms. The summed E-state index contributed by atoms with van der Waals surface area (Å²) < 4.78 is 6.11. The number of hydrogen-bond acceptors (Lipinski definition) is 3. The van der Waals surface area contributed by atoms with Gasteiger partial charge in [0.05, 0.1) is 12.2 Å². The van der Waals surface area contributed by atoms with Gasteiger partial charge in [-0.3, -0.25) is 0 Å². The summed E-state index contributed by atoms with van der Waals surface area (Å²) in [5.74, 6) is 6.44. The molecule has 0 saturated carbocycles. The number of carboxylic acid groups (broad SMARTS) is 1. The van der Waals surface area contributed by atoms with Gasteiger partial charge in [0.1, 0.15) is 5.75 Å². The molecular weight excluding hydrogens is 416 g/mol. The van der Waals surface area contributed by atoms with E-state index in [1.807, 2.05) is 0 Å². The molecule has 0 aliphatic carbocycles. The molecule has 3 aromatic carbocycles. The number of carbonyl (C=O) groups is 1. The van der Waals surface area contributed by atoms with Crippen molar-refractivity contribution in [2.24, 2.45) is 0 Å². The van der Waals surface area contributed by atoms with Gasteiger partial charge < -0.3 is 9.84 Å². The average molecular weight is 443 g/mol. The molecule has 4 heteroatoms. The first-order chi connectivity index (χ1) is 15.3. The predicted octanol–water partition coefficient (Wildman–Crippen LogP) is 6.50. The van der Waals surface area contributed by atoms with E-state index in [0.717, 1.165) is 23.3 Å². The Hall–Kier alpha value is -3.16. The maximum atomic E-state index is 11.0. The van der Waals surface area contributed by atoms with Crippen molar-refractivity contribution in [1.82, 2.24) is 0 Å². The minimum absolute atomic E-state index is 0.0479. The van der Waals surface area contributed by atoms with Gasteiger partial charge in [0.15, 0.2) is 0 Å². The van der Waals surface area contributed by atoms with E-state index in [2.05, 4.69) is 69.0 Å². The van der Waals surface area contributed by atoms with Crippen LogP contribution >= 0.6 is 11.8 Å². The van der Waals surface area contributed by atoms with Gasteiger partial charge in [-0.15, -0.1) is 0 Å². The Morgan fingerprint density at radius 1 is 1.06 bits per heavy atom. The van der Waals surface area contributed by atoms with Crippen LogP contribution in [0.25, 0.3) is 0 Å². The first-order valence-corrected chi connectivity index (χ1v) is 11.5. The van der Waals surface area contributed by atoms with E-state index in [-0.39, 0.29) is 11.0 Å². The van der Waals surface area contributed by atoms with Gasteiger partial charge in [0.2, 0.25) is 0 Å². The second-order valence-electron chi connectivity index (χ2n) is 8.72. The molecule has 0 spiro atoms. The van der Waals surface area contributed by atoms with Crippen molar-refractivity contribution in [2.45, 2.75) is 48.8 Å². The summed E-state index contributed by atoms with van der Waals surface area (Å²) in [6.45, 7) is 7.35. The number of aromatic carboxylic acids is 1. The molecule has 0 saturated heterocycles. The van der Waals surface area contributed by atoms with Crippen LogP contribution in [0.1, 0.15) is 52.9 Å². The molecule has 1 heterocycles. The highest BCUT2D eigenvalue weighted by molar-refractivity contribution is 7.99. The zero-order valence-electron chi connectivity index (χ0n) is 18.6. The van der Waals surface area contributed by atoms with Crippen LogP contribution in [0.3, 0.4) is 0 Å². The minimum Gasteiger partial charge on any atom is -0.493 e. The Balaban J connectivity index is 1.64. The van der Waals surface area contributed by atoms with E-state index in [0.29, 0.717) is 13.0 Å². The number of fused-ring (bicyclic) bond motifs is 1. The molecule has 0 fully saturated rings. The van der Waals surface area contributed by atoms with E-state index in [9.17, 15) is 4.79 Å². The molecule has 0 atom stereocenters. The number of hydrogen-bond donors (Lipinski definition) is 1. The van der Waals surface area contributed by atoms with Crippen LogP contribution in [0.5, 0.6) is 5.75 Å². The second-order valence-corrected chi connectivity index (χ2v) is 9.86. The number of rotatable bonds is 4. The maximum Gasteiger partial charge on any atom is 0.335 e. The van der Waals surface area contributed by atoms with Crippen molar-refractivity contribution in [3.05, 3.63) is 88.5 Å². The molecule has 162 valence electrons. The molecule has 3 aromatic rings. The van der Waals surface area contributed by atoms with E-state index < -0.39 is 5.97 Å². The molecule has 0 unspecified atom stereocenters. The highest BCUT2D eigenvalue weighted by atomic mass is 32.2. The third-order valence-corrected chi connectivity index (χ3v) is 6.72. The highest BCUT2D eigenvalue weighted by Gasteiger charge is 2.30. The first kappa shape index (κ1) is 22.0. The van der Waals surface area contributed by atoms with Gasteiger partial charge >= 0.3 is 5.97 Å². The van der Waals surface area contributed by atoms with Crippen molar-refractivity contribution in [1.29, 1.82) is 0 Å². The molecule has 3 nitrogen and oxygen atoms in total. The van der Waals surface area contributed by atoms with E-state index in [1.165, 1.54) is 20.9 Å². The number of carboxylic acids is 1. The summed E-state index contributed by atoms with van der Waals surface area (Å²) in [5.41, 5.74) is 4.70. The molecule has 1 N–H and O–H groups in total. The van der Waals surface area contributed by atoms with Crippen molar-refractivity contribution in [3.63, 3.8) is 0 Å². The summed E-state index contributed by atoms with van der Waals surface area (Å²) >= 11 is 1.76. The largest absolute Gasteiger partial charge is 0.493 e. The van der Waals surface area contributed by atoms with Crippen LogP contribution in [0, 0.1) is 18.8 Å². The second kappa shape index (κ2) is 9.14. The van der Waals surface area contributed by atoms with Crippen molar-refractivity contribution >= 4 is 17.7 Å². The quantitative estimate of drug-likeness (QED) is 0.469. The molecule has 1 aliphatic rings. The third kappa shape index (κ3) is 5.00. The molecule has 0 aromatic heterocycles. The Bertz CT molecular complexity index is 1200. The number of ether oxygens (including phenoxy) is 1. The highest BCUT2D eigenvalue weighted by Crippen LogP contribution is 2.44. The van der Waals surface area contributed by atoms with Crippen molar-refractivity contribution < 1.29 is 14.6 Å². The smallest absolute Gasteiger partial charge is 0.335 e. The molecule has 1 aliphatic heterocycles. The normalized spacial score (nSPS) is 14.0. The monoisotopic (exact) mass is 442 g/mol. The van der Waals surface area contributed by atoms with Crippen LogP contribution in [0.2, 0.25) is 0 Å². The van der Waals surface area contributed by atoms with Crippen LogP contribution < -0.4 is 4.74 Å². The molecule has 0 radical (unpaired) electrons. The van der Waals surface area contributed by atoms with Gasteiger partial charge in [0, 0.05) is 32.9 Å². The Morgan fingerprint density at radius 2 is 1.78 bits per heavy atom. The number of benzene rings is 3. The predicted molar refractivity (Wildman–Crippen MR) is 129 cm³/mol. The fourth-order valence-electron chi connectivity index (χ4n) is 3.75. The lowest BCUT2D eigenvalue weighted by molar-refractivity contribution is 0.0697. The SMILES string of the molecule is Cc1ccc(Sc2cc(CC#Cc3ccc(C(=O)O)cc3)c3c(c2)C(C)(C)CCO3)cc1. The Labute approximate surface area is 193 Å². The lowest BCUT2D eigenvalue weighted by Crippen LogP contribution is -2.27. The fraction of sp³-hybridized carbons (Fsp3) is 0.250. The molecular formula is C28H26O3S. The lowest BCUT2D eigenvalue weighted by Gasteiger charge is -2.34. The lowest BCUT2D eigenvalue weighted by atomic mass is 9.79. The topological polar surface area (TPSA) is 46.5 Å². The standard InChI is InChI=1S/C28H26O3S/c1-19-7-13-23(14-8-19)32-24-17-22(26-25(18-24)28(2,3)15-16-31-26)6-4-5-20-9-11-21(12-10-20)27(29)30/h7-14,17-18H,6,15-16H2,1-3H3,(H,29,30). The van der Waals surface area contributed by atoms with Crippen LogP contribution in [-0.2, 0) is 11.8 Å².